The van der Waals surface area contributed by atoms with Crippen LogP contribution in [0, 0.1) is 17.2 Å². The Balaban J connectivity index is 1.63. The molecule has 0 fully saturated rings. The zero-order valence-corrected chi connectivity index (χ0v) is 10.5. The first kappa shape index (κ1) is 11.7. The first-order valence-corrected chi connectivity index (χ1v) is 6.32. The molecule has 96 valence electrons. The fourth-order valence-electron chi connectivity index (χ4n) is 2.37. The van der Waals surface area contributed by atoms with Gasteiger partial charge in [-0.2, -0.15) is 5.26 Å². The number of fused-ring (bicyclic) bond motifs is 1. The number of rotatable bonds is 3. The number of nitrogens with zero attached hydrogens (tertiary/aromatic N) is 5. The summed E-state index contributed by atoms with van der Waals surface area (Å²) in [5.41, 5.74) is 0.586. The fraction of sp³-hybridized carbons (Fsp3) is 0.385. The molecule has 1 aliphatic rings. The fourth-order valence-corrected chi connectivity index (χ4v) is 2.37. The largest absolute Gasteiger partial charge is 0.369 e. The predicted octanol–water partition coefficient (Wildman–Crippen LogP) is 1.22. The lowest BCUT2D eigenvalue weighted by Crippen LogP contribution is -2.26. The first-order valence-electron chi connectivity index (χ1n) is 6.32. The van der Waals surface area contributed by atoms with E-state index in [1.807, 2.05) is 0 Å². The summed E-state index contributed by atoms with van der Waals surface area (Å²) in [5, 5.41) is 20.3. The van der Waals surface area contributed by atoms with Gasteiger partial charge in [0, 0.05) is 25.7 Å². The predicted molar refractivity (Wildman–Crippen MR) is 69.3 cm³/mol. The molecule has 19 heavy (non-hydrogen) atoms. The van der Waals surface area contributed by atoms with Crippen molar-refractivity contribution >= 4 is 5.82 Å². The first-order chi connectivity index (χ1) is 9.36. The molecular weight excluding hydrogens is 240 g/mol. The molecule has 0 bridgehead atoms. The average molecular weight is 254 g/mol. The van der Waals surface area contributed by atoms with Gasteiger partial charge in [0.1, 0.15) is 24.0 Å². The van der Waals surface area contributed by atoms with Gasteiger partial charge in [-0.1, -0.05) is 0 Å². The number of nitriles is 1. The van der Waals surface area contributed by atoms with E-state index >= 15 is 0 Å². The van der Waals surface area contributed by atoms with Crippen molar-refractivity contribution in [1.29, 1.82) is 5.26 Å². The number of hydrogen-bond acceptors (Lipinski definition) is 5. The second-order valence-electron chi connectivity index (χ2n) is 4.70. The van der Waals surface area contributed by atoms with Crippen LogP contribution in [0.25, 0.3) is 0 Å². The number of nitrogens with one attached hydrogen (secondary N) is 1. The Morgan fingerprint density at radius 2 is 2.47 bits per heavy atom. The van der Waals surface area contributed by atoms with E-state index < -0.39 is 0 Å². The van der Waals surface area contributed by atoms with Gasteiger partial charge in [0.05, 0.1) is 5.56 Å². The Labute approximate surface area is 111 Å². The van der Waals surface area contributed by atoms with Gasteiger partial charge in [0.15, 0.2) is 0 Å². The quantitative estimate of drug-likeness (QED) is 0.890. The molecule has 1 aliphatic heterocycles. The SMILES string of the molecule is N#Cc1cccnc1NCC1CCc2nncn2C1. The number of aryl methyl sites for hydroxylation is 1. The van der Waals surface area contributed by atoms with E-state index in [0.717, 1.165) is 31.8 Å². The summed E-state index contributed by atoms with van der Waals surface area (Å²) in [6.07, 6.45) is 5.52. The molecule has 6 nitrogen and oxygen atoms in total. The molecular formula is C13H14N6. The van der Waals surface area contributed by atoms with Crippen LogP contribution in [0.2, 0.25) is 0 Å². The molecule has 6 heteroatoms. The minimum absolute atomic E-state index is 0.511. The highest BCUT2D eigenvalue weighted by Crippen LogP contribution is 2.19. The highest BCUT2D eigenvalue weighted by atomic mass is 15.3. The Bertz CT molecular complexity index is 612. The van der Waals surface area contributed by atoms with Crippen molar-refractivity contribution in [1.82, 2.24) is 19.7 Å². The summed E-state index contributed by atoms with van der Waals surface area (Å²) in [7, 11) is 0. The van der Waals surface area contributed by atoms with Crippen LogP contribution in [0.1, 0.15) is 17.8 Å². The smallest absolute Gasteiger partial charge is 0.143 e. The molecule has 2 aromatic heterocycles. The van der Waals surface area contributed by atoms with Gasteiger partial charge in [-0.25, -0.2) is 4.98 Å². The van der Waals surface area contributed by atoms with Crippen LogP contribution in [-0.4, -0.2) is 26.3 Å². The Hall–Kier alpha value is -2.42. The molecule has 0 radical (unpaired) electrons. The van der Waals surface area contributed by atoms with Crippen molar-refractivity contribution in [3.63, 3.8) is 0 Å². The van der Waals surface area contributed by atoms with E-state index in [1.165, 1.54) is 0 Å². The van der Waals surface area contributed by atoms with Crippen LogP contribution >= 0.6 is 0 Å². The van der Waals surface area contributed by atoms with E-state index in [9.17, 15) is 0 Å². The topological polar surface area (TPSA) is 79.4 Å². The number of anilines is 1. The minimum atomic E-state index is 0.511. The lowest BCUT2D eigenvalue weighted by molar-refractivity contribution is 0.381. The number of hydrogen-bond donors (Lipinski definition) is 1. The molecule has 0 aliphatic carbocycles. The summed E-state index contributed by atoms with van der Waals surface area (Å²) in [4.78, 5) is 4.20. The molecule has 0 saturated heterocycles. The van der Waals surface area contributed by atoms with Gasteiger partial charge in [0.25, 0.3) is 0 Å². The number of aromatic nitrogens is 4. The molecule has 0 saturated carbocycles. The molecule has 0 aromatic carbocycles. The highest BCUT2D eigenvalue weighted by molar-refractivity contribution is 5.51. The van der Waals surface area contributed by atoms with Gasteiger partial charge in [-0.15, -0.1) is 10.2 Å². The van der Waals surface area contributed by atoms with E-state index in [1.54, 1.807) is 24.7 Å². The minimum Gasteiger partial charge on any atom is -0.369 e. The van der Waals surface area contributed by atoms with Crippen LogP contribution in [0.15, 0.2) is 24.7 Å². The molecule has 0 spiro atoms. The molecule has 3 rings (SSSR count). The molecule has 1 N–H and O–H groups in total. The highest BCUT2D eigenvalue weighted by Gasteiger charge is 2.19. The summed E-state index contributed by atoms with van der Waals surface area (Å²) < 4.78 is 2.10. The lowest BCUT2D eigenvalue weighted by Gasteiger charge is -2.23. The normalized spacial score (nSPS) is 17.5. The van der Waals surface area contributed by atoms with Gasteiger partial charge < -0.3 is 9.88 Å². The Kier molecular flexibility index (Phi) is 3.11. The lowest BCUT2D eigenvalue weighted by atomic mass is 9.99. The van der Waals surface area contributed by atoms with Crippen molar-refractivity contribution in [2.24, 2.45) is 5.92 Å². The van der Waals surface area contributed by atoms with Gasteiger partial charge in [0.2, 0.25) is 0 Å². The maximum Gasteiger partial charge on any atom is 0.143 e. The zero-order valence-electron chi connectivity index (χ0n) is 10.5. The number of pyridine rings is 1. The van der Waals surface area contributed by atoms with Crippen LogP contribution in [0.3, 0.4) is 0 Å². The maximum atomic E-state index is 9.01. The van der Waals surface area contributed by atoms with E-state index in [2.05, 4.69) is 31.1 Å². The van der Waals surface area contributed by atoms with Crippen molar-refractivity contribution in [3.8, 4) is 6.07 Å². The second-order valence-corrected chi connectivity index (χ2v) is 4.70. The van der Waals surface area contributed by atoms with Crippen LogP contribution in [0.5, 0.6) is 0 Å². The summed E-state index contributed by atoms with van der Waals surface area (Å²) in [6.45, 7) is 1.73. The van der Waals surface area contributed by atoms with E-state index in [4.69, 9.17) is 5.26 Å². The third-order valence-corrected chi connectivity index (χ3v) is 3.41. The van der Waals surface area contributed by atoms with E-state index in [-0.39, 0.29) is 0 Å². The maximum absolute atomic E-state index is 9.01. The van der Waals surface area contributed by atoms with Gasteiger partial charge in [-0.05, 0) is 24.5 Å². The van der Waals surface area contributed by atoms with Crippen molar-refractivity contribution < 1.29 is 0 Å². The monoisotopic (exact) mass is 254 g/mol. The van der Waals surface area contributed by atoms with Crippen LogP contribution in [0.4, 0.5) is 5.82 Å². The standard InChI is InChI=1S/C13H14N6/c14-6-11-2-1-5-15-13(11)16-7-10-3-4-12-18-17-9-19(12)8-10/h1-2,5,9-10H,3-4,7-8H2,(H,15,16). The Morgan fingerprint density at radius 3 is 3.37 bits per heavy atom. The van der Waals surface area contributed by atoms with E-state index in [0.29, 0.717) is 17.3 Å². The van der Waals surface area contributed by atoms with Crippen molar-refractivity contribution in [2.75, 3.05) is 11.9 Å². The van der Waals surface area contributed by atoms with Crippen LogP contribution in [-0.2, 0) is 13.0 Å². The third kappa shape index (κ3) is 2.40. The zero-order chi connectivity index (χ0) is 13.1. The average Bonchev–Trinajstić information content (AvgIpc) is 2.93. The Morgan fingerprint density at radius 1 is 1.53 bits per heavy atom. The van der Waals surface area contributed by atoms with Crippen LogP contribution < -0.4 is 5.32 Å². The van der Waals surface area contributed by atoms with Crippen molar-refractivity contribution in [3.05, 3.63) is 36.0 Å². The van der Waals surface area contributed by atoms with Gasteiger partial charge >= 0.3 is 0 Å². The molecule has 1 atom stereocenters. The summed E-state index contributed by atoms with van der Waals surface area (Å²) >= 11 is 0. The van der Waals surface area contributed by atoms with Gasteiger partial charge in [-0.3, -0.25) is 0 Å². The molecule has 0 amide bonds. The summed E-state index contributed by atoms with van der Waals surface area (Å²) in [5.74, 6) is 2.24. The second kappa shape index (κ2) is 5.06. The molecule has 2 aromatic rings. The van der Waals surface area contributed by atoms with Crippen molar-refractivity contribution in [2.45, 2.75) is 19.4 Å². The molecule has 3 heterocycles. The molecule has 1 unspecified atom stereocenters. The summed E-state index contributed by atoms with van der Waals surface area (Å²) in [6, 6.07) is 5.69. The third-order valence-electron chi connectivity index (χ3n) is 3.41.